The van der Waals surface area contributed by atoms with Crippen molar-refractivity contribution >= 4 is 26.4 Å². The Kier molecular flexibility index (Phi) is 5.67. The molecule has 0 unspecified atom stereocenters. The Labute approximate surface area is 70.9 Å². The number of hydrogen-bond donors (Lipinski definition) is 0. The molecule has 0 amide bonds. The lowest BCUT2D eigenvalue weighted by atomic mass is 11.7. The van der Waals surface area contributed by atoms with Gasteiger partial charge in [0.1, 0.15) is 0 Å². The van der Waals surface area contributed by atoms with E-state index < -0.39 is 0 Å². The molecule has 0 rings (SSSR count). The SMILES string of the molecule is C[Si](C)C[Si](C)C[Si](C)C. The summed E-state index contributed by atoms with van der Waals surface area (Å²) in [6, 6.07) is 0. The van der Waals surface area contributed by atoms with Gasteiger partial charge in [0.05, 0.1) is 0 Å². The highest BCUT2D eigenvalue weighted by Crippen LogP contribution is 2.04. The van der Waals surface area contributed by atoms with Crippen molar-refractivity contribution in [3.63, 3.8) is 0 Å². The third-order valence-electron chi connectivity index (χ3n) is 1.31. The second-order valence-electron chi connectivity index (χ2n) is 3.72. The van der Waals surface area contributed by atoms with E-state index in [0.29, 0.717) is 0 Å². The van der Waals surface area contributed by atoms with Gasteiger partial charge in [-0.15, -0.1) is 0 Å². The van der Waals surface area contributed by atoms with E-state index in [-0.39, 0.29) is 26.4 Å². The fraction of sp³-hybridized carbons (Fsp3) is 1.00. The van der Waals surface area contributed by atoms with Crippen LogP contribution in [0.15, 0.2) is 0 Å². The summed E-state index contributed by atoms with van der Waals surface area (Å²) in [5.41, 5.74) is 3.23. The van der Waals surface area contributed by atoms with Crippen LogP contribution in [0, 0.1) is 0 Å². The van der Waals surface area contributed by atoms with Gasteiger partial charge in [-0.25, -0.2) is 0 Å². The molecule has 59 valence electrons. The summed E-state index contributed by atoms with van der Waals surface area (Å²) in [7, 11) is 0.267. The average molecular weight is 187 g/mol. The monoisotopic (exact) mass is 187 g/mol. The van der Waals surface area contributed by atoms with Crippen LogP contribution in [-0.2, 0) is 0 Å². The van der Waals surface area contributed by atoms with Gasteiger partial charge >= 0.3 is 0 Å². The Morgan fingerprint density at radius 2 is 1.00 bits per heavy atom. The molecule has 0 spiro atoms. The summed E-state index contributed by atoms with van der Waals surface area (Å²) >= 11 is 0. The minimum atomic E-state index is 0.0827. The van der Waals surface area contributed by atoms with Crippen LogP contribution in [0.3, 0.4) is 0 Å². The van der Waals surface area contributed by atoms with E-state index in [1.165, 1.54) is 0 Å². The molecule has 3 radical (unpaired) electrons. The minimum Gasteiger partial charge on any atom is -0.0715 e. The molecular formula is C7H19Si3. The molecule has 0 atom stereocenters. The van der Waals surface area contributed by atoms with Crippen molar-refractivity contribution in [2.24, 2.45) is 0 Å². The average Bonchev–Trinajstić information content (AvgIpc) is 1.58. The predicted octanol–water partition coefficient (Wildman–Crippen LogP) is 2.70. The largest absolute Gasteiger partial charge is 0.0715 e. The highest BCUT2D eigenvalue weighted by molar-refractivity contribution is 6.83. The van der Waals surface area contributed by atoms with Crippen molar-refractivity contribution in [1.29, 1.82) is 0 Å². The highest BCUT2D eigenvalue weighted by atomic mass is 28.4. The van der Waals surface area contributed by atoms with Crippen molar-refractivity contribution < 1.29 is 0 Å². The fourth-order valence-corrected chi connectivity index (χ4v) is 12.6. The highest BCUT2D eigenvalue weighted by Gasteiger charge is 2.09. The van der Waals surface area contributed by atoms with Crippen LogP contribution in [0.25, 0.3) is 0 Å². The van der Waals surface area contributed by atoms with Gasteiger partial charge in [-0.2, -0.15) is 0 Å². The first-order chi connectivity index (χ1) is 4.52. The van der Waals surface area contributed by atoms with Crippen LogP contribution in [0.4, 0.5) is 0 Å². The first kappa shape index (κ1) is 10.7. The summed E-state index contributed by atoms with van der Waals surface area (Å²) in [6.07, 6.45) is 0. The van der Waals surface area contributed by atoms with Crippen LogP contribution in [-0.4, -0.2) is 26.4 Å². The molecule has 0 N–H and O–H groups in total. The topological polar surface area (TPSA) is 0 Å². The van der Waals surface area contributed by atoms with Crippen LogP contribution in [0.2, 0.25) is 44.1 Å². The molecule has 0 aromatic heterocycles. The second kappa shape index (κ2) is 5.32. The van der Waals surface area contributed by atoms with E-state index in [9.17, 15) is 0 Å². The van der Waals surface area contributed by atoms with E-state index in [1.54, 1.807) is 11.3 Å². The fourth-order valence-electron chi connectivity index (χ4n) is 1.27. The van der Waals surface area contributed by atoms with E-state index in [4.69, 9.17) is 0 Å². The maximum Gasteiger partial charge on any atom is 0.0385 e. The molecule has 0 heterocycles. The molecule has 0 aromatic carbocycles. The number of hydrogen-bond acceptors (Lipinski definition) is 0. The Bertz CT molecular complexity index is 70.9. The van der Waals surface area contributed by atoms with E-state index >= 15 is 0 Å². The van der Waals surface area contributed by atoms with Gasteiger partial charge in [0.25, 0.3) is 0 Å². The third-order valence-corrected chi connectivity index (χ3v) is 11.8. The lowest BCUT2D eigenvalue weighted by Crippen LogP contribution is -2.20. The van der Waals surface area contributed by atoms with Gasteiger partial charge < -0.3 is 0 Å². The van der Waals surface area contributed by atoms with Gasteiger partial charge in [0.2, 0.25) is 0 Å². The van der Waals surface area contributed by atoms with Crippen molar-refractivity contribution in [2.75, 3.05) is 0 Å². The lowest BCUT2D eigenvalue weighted by Gasteiger charge is -2.11. The molecule has 0 aliphatic rings. The molecule has 0 bridgehead atoms. The zero-order chi connectivity index (χ0) is 8.15. The van der Waals surface area contributed by atoms with Crippen molar-refractivity contribution in [3.8, 4) is 0 Å². The van der Waals surface area contributed by atoms with Crippen molar-refractivity contribution in [2.45, 2.75) is 44.1 Å². The predicted molar refractivity (Wildman–Crippen MR) is 56.2 cm³/mol. The Balaban J connectivity index is 3.34. The zero-order valence-corrected chi connectivity index (χ0v) is 10.9. The summed E-state index contributed by atoms with van der Waals surface area (Å²) in [6.45, 7) is 12.3. The minimum absolute atomic E-state index is 0.0827. The maximum absolute atomic E-state index is 2.51. The molecular weight excluding hydrogens is 168 g/mol. The summed E-state index contributed by atoms with van der Waals surface area (Å²) in [5, 5.41) is 0. The normalized spacial score (nSPS) is 12.0. The Morgan fingerprint density at radius 3 is 1.20 bits per heavy atom. The van der Waals surface area contributed by atoms with E-state index in [1.807, 2.05) is 0 Å². The van der Waals surface area contributed by atoms with Gasteiger partial charge in [-0.3, -0.25) is 0 Å². The Morgan fingerprint density at radius 1 is 0.700 bits per heavy atom. The van der Waals surface area contributed by atoms with Crippen LogP contribution >= 0.6 is 0 Å². The summed E-state index contributed by atoms with van der Waals surface area (Å²) in [4.78, 5) is 0. The molecule has 0 saturated carbocycles. The van der Waals surface area contributed by atoms with E-state index in [2.05, 4.69) is 32.7 Å². The quantitative estimate of drug-likeness (QED) is 0.594. The van der Waals surface area contributed by atoms with Crippen LogP contribution in [0.1, 0.15) is 0 Å². The summed E-state index contributed by atoms with van der Waals surface area (Å²) in [5.74, 6) is 0. The molecule has 0 aromatic rings. The van der Waals surface area contributed by atoms with Crippen LogP contribution < -0.4 is 0 Å². The molecule has 0 fully saturated rings. The first-order valence-corrected chi connectivity index (χ1v) is 11.7. The first-order valence-electron chi connectivity index (χ1n) is 3.91. The third kappa shape index (κ3) is 6.77. The Hall–Kier alpha value is 0.651. The smallest absolute Gasteiger partial charge is 0.0385 e. The van der Waals surface area contributed by atoms with Crippen LogP contribution in [0.5, 0.6) is 0 Å². The van der Waals surface area contributed by atoms with Crippen molar-refractivity contribution in [1.82, 2.24) is 0 Å². The maximum atomic E-state index is 2.51. The standard InChI is InChI=1S/C7H19Si3/c1-8(2)6-10(5)7-9(3)4/h6-7H2,1-5H3. The zero-order valence-electron chi connectivity index (χ0n) is 7.91. The molecule has 0 saturated heterocycles. The van der Waals surface area contributed by atoms with Gasteiger partial charge in [-0.1, -0.05) is 44.1 Å². The van der Waals surface area contributed by atoms with Gasteiger partial charge in [0.15, 0.2) is 0 Å². The molecule has 10 heavy (non-hydrogen) atoms. The molecule has 0 aliphatic heterocycles. The van der Waals surface area contributed by atoms with Gasteiger partial charge in [-0.05, 0) is 0 Å². The van der Waals surface area contributed by atoms with Crippen molar-refractivity contribution in [3.05, 3.63) is 0 Å². The molecule has 3 heteroatoms. The molecule has 0 nitrogen and oxygen atoms in total. The van der Waals surface area contributed by atoms with E-state index in [0.717, 1.165) is 0 Å². The van der Waals surface area contributed by atoms with Gasteiger partial charge in [0, 0.05) is 26.4 Å². The summed E-state index contributed by atoms with van der Waals surface area (Å²) < 4.78 is 0. The second-order valence-corrected chi connectivity index (χ2v) is 13.3. The lowest BCUT2D eigenvalue weighted by molar-refractivity contribution is 1.63. The number of rotatable bonds is 4. The molecule has 0 aliphatic carbocycles.